The molecule has 2 rings (SSSR count). The minimum atomic E-state index is -3.38. The van der Waals surface area contributed by atoms with Crippen LogP contribution in [-0.2, 0) is 10.0 Å². The van der Waals surface area contributed by atoms with E-state index in [9.17, 15) is 8.42 Å². The van der Waals surface area contributed by atoms with Gasteiger partial charge in [-0.15, -0.1) is 11.3 Å². The molecule has 0 spiro atoms. The minimum Gasteiger partial charge on any atom is -0.398 e. The molecule has 1 aromatic heterocycles. The van der Waals surface area contributed by atoms with E-state index in [1.165, 1.54) is 30.2 Å². The van der Waals surface area contributed by atoms with Gasteiger partial charge in [-0.3, -0.25) is 0 Å². The van der Waals surface area contributed by atoms with Crippen LogP contribution in [0.25, 0.3) is 0 Å². The lowest BCUT2D eigenvalue weighted by atomic mass is 10.1. The SMILES string of the molecule is CCC(CC1CC1)NS(=O)(=O)c1cc(N)cs1. The monoisotopic (exact) mass is 274 g/mol. The molecule has 0 radical (unpaired) electrons. The van der Waals surface area contributed by atoms with Crippen LogP contribution in [0, 0.1) is 5.92 Å². The molecular formula is C11H18N2O2S2. The van der Waals surface area contributed by atoms with Gasteiger partial charge in [0, 0.05) is 17.1 Å². The molecule has 3 N–H and O–H groups in total. The molecule has 0 saturated heterocycles. The van der Waals surface area contributed by atoms with E-state index in [4.69, 9.17) is 5.73 Å². The number of thiophene rings is 1. The summed E-state index contributed by atoms with van der Waals surface area (Å²) < 4.78 is 27.2. The Kier molecular flexibility index (Phi) is 3.75. The molecule has 6 heteroatoms. The highest BCUT2D eigenvalue weighted by atomic mass is 32.2. The van der Waals surface area contributed by atoms with Crippen LogP contribution in [0.4, 0.5) is 5.69 Å². The summed E-state index contributed by atoms with van der Waals surface area (Å²) in [4.78, 5) is 0. The zero-order valence-electron chi connectivity index (χ0n) is 9.85. The van der Waals surface area contributed by atoms with Crippen LogP contribution in [0.2, 0.25) is 0 Å². The third kappa shape index (κ3) is 3.43. The van der Waals surface area contributed by atoms with E-state index in [0.29, 0.717) is 9.90 Å². The Labute approximate surface area is 106 Å². The van der Waals surface area contributed by atoms with Crippen molar-refractivity contribution in [2.75, 3.05) is 5.73 Å². The second kappa shape index (κ2) is 4.96. The van der Waals surface area contributed by atoms with E-state index in [2.05, 4.69) is 4.72 Å². The summed E-state index contributed by atoms with van der Waals surface area (Å²) in [6, 6.07) is 1.56. The summed E-state index contributed by atoms with van der Waals surface area (Å²) in [5, 5.41) is 1.65. The molecule has 96 valence electrons. The van der Waals surface area contributed by atoms with E-state index < -0.39 is 10.0 Å². The number of sulfonamides is 1. The second-order valence-corrected chi connectivity index (χ2v) is 7.46. The first-order valence-electron chi connectivity index (χ1n) is 5.87. The fourth-order valence-corrected chi connectivity index (χ4v) is 4.23. The number of nitrogens with two attached hydrogens (primary N) is 1. The summed E-state index contributed by atoms with van der Waals surface area (Å²) in [5.74, 6) is 0.719. The van der Waals surface area contributed by atoms with E-state index >= 15 is 0 Å². The molecule has 0 aromatic carbocycles. The van der Waals surface area contributed by atoms with Crippen molar-refractivity contribution < 1.29 is 8.42 Å². The summed E-state index contributed by atoms with van der Waals surface area (Å²) in [5.41, 5.74) is 6.05. The maximum absolute atomic E-state index is 12.1. The van der Waals surface area contributed by atoms with Gasteiger partial charge in [-0.1, -0.05) is 19.8 Å². The molecule has 1 heterocycles. The van der Waals surface area contributed by atoms with Crippen LogP contribution >= 0.6 is 11.3 Å². The van der Waals surface area contributed by atoms with Crippen LogP contribution in [0.5, 0.6) is 0 Å². The van der Waals surface area contributed by atoms with Crippen LogP contribution in [0.15, 0.2) is 15.7 Å². The van der Waals surface area contributed by atoms with Gasteiger partial charge in [0.05, 0.1) is 0 Å². The topological polar surface area (TPSA) is 72.2 Å². The Balaban J connectivity index is 2.04. The van der Waals surface area contributed by atoms with E-state index in [1.807, 2.05) is 6.92 Å². The summed E-state index contributed by atoms with van der Waals surface area (Å²) in [6.45, 7) is 2.01. The standard InChI is InChI=1S/C11H18N2O2S2/c1-2-10(5-8-3-4-8)13-17(14,15)11-6-9(12)7-16-11/h6-8,10,13H,2-5,12H2,1H3. The number of rotatable bonds is 6. The molecule has 1 aliphatic rings. The van der Waals surface area contributed by atoms with E-state index in [0.717, 1.165) is 18.8 Å². The molecule has 1 saturated carbocycles. The minimum absolute atomic E-state index is 0.0517. The maximum Gasteiger partial charge on any atom is 0.250 e. The maximum atomic E-state index is 12.1. The zero-order chi connectivity index (χ0) is 12.5. The summed E-state index contributed by atoms with van der Waals surface area (Å²) >= 11 is 1.17. The van der Waals surface area contributed by atoms with Gasteiger partial charge in [0.1, 0.15) is 4.21 Å². The van der Waals surface area contributed by atoms with Crippen LogP contribution in [0.1, 0.15) is 32.6 Å². The number of hydrogen-bond donors (Lipinski definition) is 2. The van der Waals surface area contributed by atoms with Gasteiger partial charge in [-0.2, -0.15) is 0 Å². The Bertz CT molecular complexity index is 477. The molecule has 1 aliphatic carbocycles. The van der Waals surface area contributed by atoms with Crippen molar-refractivity contribution in [1.82, 2.24) is 4.72 Å². The summed E-state index contributed by atoms with van der Waals surface area (Å²) in [7, 11) is -3.38. The van der Waals surface area contributed by atoms with Crippen LogP contribution < -0.4 is 10.5 Å². The first-order chi connectivity index (χ1) is 8.01. The normalized spacial score (nSPS) is 18.2. The highest BCUT2D eigenvalue weighted by molar-refractivity contribution is 7.91. The predicted octanol–water partition coefficient (Wildman–Crippen LogP) is 2.19. The highest BCUT2D eigenvalue weighted by Crippen LogP contribution is 2.34. The molecule has 1 fully saturated rings. The van der Waals surface area contributed by atoms with Gasteiger partial charge in [0.15, 0.2) is 0 Å². The third-order valence-electron chi connectivity index (χ3n) is 2.99. The van der Waals surface area contributed by atoms with Crippen molar-refractivity contribution in [3.8, 4) is 0 Å². The molecule has 0 bridgehead atoms. The Hall–Kier alpha value is -0.590. The quantitative estimate of drug-likeness (QED) is 0.835. The van der Waals surface area contributed by atoms with E-state index in [1.54, 1.807) is 5.38 Å². The molecular weight excluding hydrogens is 256 g/mol. The molecule has 1 aromatic rings. The van der Waals surface area contributed by atoms with Crippen molar-refractivity contribution in [1.29, 1.82) is 0 Å². The summed E-state index contributed by atoms with van der Waals surface area (Å²) in [6.07, 6.45) is 4.27. The molecule has 4 nitrogen and oxygen atoms in total. The van der Waals surface area contributed by atoms with Crippen molar-refractivity contribution >= 4 is 27.0 Å². The van der Waals surface area contributed by atoms with Gasteiger partial charge in [-0.25, -0.2) is 13.1 Å². The lowest BCUT2D eigenvalue weighted by Crippen LogP contribution is -2.34. The number of nitrogen functional groups attached to an aromatic ring is 1. The number of nitrogens with one attached hydrogen (secondary N) is 1. The molecule has 0 amide bonds. The molecule has 1 atom stereocenters. The van der Waals surface area contributed by atoms with Gasteiger partial charge in [0.2, 0.25) is 10.0 Å². The van der Waals surface area contributed by atoms with Crippen molar-refractivity contribution in [2.24, 2.45) is 5.92 Å². The lowest BCUT2D eigenvalue weighted by Gasteiger charge is -2.15. The fourth-order valence-electron chi connectivity index (χ4n) is 1.80. The highest BCUT2D eigenvalue weighted by Gasteiger charge is 2.28. The smallest absolute Gasteiger partial charge is 0.250 e. The Morgan fingerprint density at radius 1 is 1.59 bits per heavy atom. The van der Waals surface area contributed by atoms with Crippen molar-refractivity contribution in [3.63, 3.8) is 0 Å². The number of hydrogen-bond acceptors (Lipinski definition) is 4. The molecule has 17 heavy (non-hydrogen) atoms. The first-order valence-corrected chi connectivity index (χ1v) is 8.24. The Morgan fingerprint density at radius 2 is 2.29 bits per heavy atom. The van der Waals surface area contributed by atoms with Gasteiger partial charge >= 0.3 is 0 Å². The predicted molar refractivity (Wildman–Crippen MR) is 70.5 cm³/mol. The second-order valence-electron chi connectivity index (χ2n) is 4.60. The largest absolute Gasteiger partial charge is 0.398 e. The van der Waals surface area contributed by atoms with Gasteiger partial charge in [-0.05, 0) is 24.8 Å². The van der Waals surface area contributed by atoms with Gasteiger partial charge in [0.25, 0.3) is 0 Å². The van der Waals surface area contributed by atoms with Crippen molar-refractivity contribution in [2.45, 2.75) is 42.9 Å². The van der Waals surface area contributed by atoms with E-state index in [-0.39, 0.29) is 6.04 Å². The van der Waals surface area contributed by atoms with Crippen molar-refractivity contribution in [3.05, 3.63) is 11.4 Å². The third-order valence-corrected chi connectivity index (χ3v) is 5.97. The fraction of sp³-hybridized carbons (Fsp3) is 0.636. The molecule has 0 aliphatic heterocycles. The molecule has 1 unspecified atom stereocenters. The zero-order valence-corrected chi connectivity index (χ0v) is 11.5. The van der Waals surface area contributed by atoms with Gasteiger partial charge < -0.3 is 5.73 Å². The first kappa shape index (κ1) is 12.9. The lowest BCUT2D eigenvalue weighted by molar-refractivity contribution is 0.496. The average molecular weight is 274 g/mol. The Morgan fingerprint density at radius 3 is 2.76 bits per heavy atom. The van der Waals surface area contributed by atoms with Crippen LogP contribution in [-0.4, -0.2) is 14.5 Å². The average Bonchev–Trinajstić information content (AvgIpc) is 2.96. The number of anilines is 1. The van der Waals surface area contributed by atoms with Crippen LogP contribution in [0.3, 0.4) is 0 Å².